The van der Waals surface area contributed by atoms with Crippen molar-refractivity contribution >= 4 is 33.3 Å². The van der Waals surface area contributed by atoms with Gasteiger partial charge in [0.1, 0.15) is 11.9 Å². The van der Waals surface area contributed by atoms with Gasteiger partial charge in [0.15, 0.2) is 0 Å². The molecule has 0 radical (unpaired) electrons. The number of nitro groups is 1. The Hall–Kier alpha value is -3.14. The summed E-state index contributed by atoms with van der Waals surface area (Å²) in [6.45, 7) is 0. The van der Waals surface area contributed by atoms with Crippen LogP contribution in [0.15, 0.2) is 53.0 Å². The van der Waals surface area contributed by atoms with Gasteiger partial charge >= 0.3 is 0 Å². The van der Waals surface area contributed by atoms with Gasteiger partial charge in [0.2, 0.25) is 5.95 Å². The second-order valence-electron chi connectivity index (χ2n) is 5.57. The molecule has 0 aliphatic carbocycles. The van der Waals surface area contributed by atoms with Crippen LogP contribution in [-0.2, 0) is 0 Å². The minimum absolute atomic E-state index is 0.0412. The zero-order valence-corrected chi connectivity index (χ0v) is 14.6. The molecule has 0 spiro atoms. The predicted octanol–water partition coefficient (Wildman–Crippen LogP) is 3.54. The van der Waals surface area contributed by atoms with Crippen LogP contribution in [0.4, 0.5) is 16.0 Å². The fourth-order valence-corrected chi connectivity index (χ4v) is 3.15. The Balaban J connectivity index is 1.85. The van der Waals surface area contributed by atoms with E-state index < -0.39 is 16.8 Å². The van der Waals surface area contributed by atoms with Gasteiger partial charge in [-0.3, -0.25) is 10.1 Å². The third-order valence-electron chi connectivity index (χ3n) is 3.97. The van der Waals surface area contributed by atoms with Crippen molar-refractivity contribution in [3.63, 3.8) is 0 Å². The monoisotopic (exact) mass is 416 g/mol. The van der Waals surface area contributed by atoms with E-state index in [1.807, 2.05) is 0 Å². The second kappa shape index (κ2) is 6.30. The summed E-state index contributed by atoms with van der Waals surface area (Å²) in [5, 5.41) is 25.5. The molecule has 4 rings (SSSR count). The molecule has 130 valence electrons. The summed E-state index contributed by atoms with van der Waals surface area (Å²) >= 11 is 3.34. The summed E-state index contributed by atoms with van der Waals surface area (Å²) < 4.78 is 16.6. The normalized spacial score (nSPS) is 15.8. The number of hydrogen-bond donors (Lipinski definition) is 1. The summed E-state index contributed by atoms with van der Waals surface area (Å²) in [5.74, 6) is -0.0884. The molecule has 0 saturated heterocycles. The number of fused-ring (bicyclic) bond motifs is 1. The fraction of sp³-hybridized carbons (Fsp3) is 0.0625. The molecule has 1 atom stereocenters. The molecule has 1 aliphatic heterocycles. The topological polar surface area (TPSA) is 98.8 Å². The molecule has 2 aromatic carbocycles. The van der Waals surface area contributed by atoms with Crippen LogP contribution in [0.5, 0.6) is 0 Å². The highest BCUT2D eigenvalue weighted by atomic mass is 79.9. The smallest absolute Gasteiger partial charge is 0.270 e. The van der Waals surface area contributed by atoms with Crippen molar-refractivity contribution in [1.29, 1.82) is 0 Å². The van der Waals surface area contributed by atoms with E-state index in [1.54, 1.807) is 30.3 Å². The molecule has 0 amide bonds. The number of aromatic nitrogens is 4. The van der Waals surface area contributed by atoms with Crippen LogP contribution >= 0.6 is 15.9 Å². The van der Waals surface area contributed by atoms with Gasteiger partial charge in [0.05, 0.1) is 4.92 Å². The van der Waals surface area contributed by atoms with Gasteiger partial charge in [-0.15, -0.1) is 0 Å². The minimum atomic E-state index is -0.604. The molecule has 26 heavy (non-hydrogen) atoms. The first-order chi connectivity index (χ1) is 12.5. The van der Waals surface area contributed by atoms with E-state index in [1.165, 1.54) is 22.9 Å². The first-order valence-corrected chi connectivity index (χ1v) is 8.29. The number of nitrogens with zero attached hydrogens (tertiary/aromatic N) is 5. The maximum atomic E-state index is 14.4. The highest BCUT2D eigenvalue weighted by Crippen LogP contribution is 2.34. The highest BCUT2D eigenvalue weighted by molar-refractivity contribution is 9.10. The quantitative estimate of drug-likeness (QED) is 0.517. The van der Waals surface area contributed by atoms with Crippen molar-refractivity contribution in [2.45, 2.75) is 6.04 Å². The molecule has 1 aromatic heterocycles. The number of hydrogen-bond acceptors (Lipinski definition) is 6. The lowest BCUT2D eigenvalue weighted by Gasteiger charge is -2.23. The number of rotatable bonds is 3. The van der Waals surface area contributed by atoms with Crippen LogP contribution in [0.1, 0.15) is 17.2 Å². The zero-order chi connectivity index (χ0) is 18.3. The number of non-ortho nitro benzene ring substituents is 1. The van der Waals surface area contributed by atoms with E-state index in [-0.39, 0.29) is 5.69 Å². The lowest BCUT2D eigenvalue weighted by Crippen LogP contribution is -2.21. The van der Waals surface area contributed by atoms with Crippen molar-refractivity contribution in [2.24, 2.45) is 0 Å². The van der Waals surface area contributed by atoms with Crippen LogP contribution in [0.25, 0.3) is 5.70 Å². The van der Waals surface area contributed by atoms with E-state index in [2.05, 4.69) is 36.8 Å². The molecule has 10 heteroatoms. The third-order valence-corrected chi connectivity index (χ3v) is 4.47. The van der Waals surface area contributed by atoms with Crippen LogP contribution in [0, 0.1) is 15.9 Å². The average molecular weight is 417 g/mol. The molecule has 0 unspecified atom stereocenters. The first kappa shape index (κ1) is 16.3. The van der Waals surface area contributed by atoms with Gasteiger partial charge in [-0.25, -0.2) is 4.39 Å². The molecule has 1 aliphatic rings. The Morgan fingerprint density at radius 1 is 1.27 bits per heavy atom. The van der Waals surface area contributed by atoms with Crippen molar-refractivity contribution < 1.29 is 9.31 Å². The Kier molecular flexibility index (Phi) is 3.96. The molecule has 3 aromatic rings. The second-order valence-corrected chi connectivity index (χ2v) is 6.49. The van der Waals surface area contributed by atoms with Crippen molar-refractivity contribution in [3.8, 4) is 0 Å². The van der Waals surface area contributed by atoms with Gasteiger partial charge in [-0.2, -0.15) is 4.68 Å². The average Bonchev–Trinajstić information content (AvgIpc) is 3.11. The third kappa shape index (κ3) is 2.84. The molecular weight excluding hydrogens is 407 g/mol. The van der Waals surface area contributed by atoms with Gasteiger partial charge in [0, 0.05) is 33.4 Å². The number of allylic oxidation sites excluding steroid dienone is 1. The summed E-state index contributed by atoms with van der Waals surface area (Å²) in [7, 11) is 0. The number of nitro benzene ring substituents is 1. The van der Waals surface area contributed by atoms with Gasteiger partial charge in [-0.05, 0) is 34.7 Å². The first-order valence-electron chi connectivity index (χ1n) is 7.49. The van der Waals surface area contributed by atoms with E-state index in [4.69, 9.17) is 0 Å². The Labute approximate surface area is 154 Å². The summed E-state index contributed by atoms with van der Waals surface area (Å²) in [5.41, 5.74) is 1.46. The van der Waals surface area contributed by atoms with E-state index in [0.29, 0.717) is 27.2 Å². The molecule has 0 bridgehead atoms. The number of benzene rings is 2. The standard InChI is InChI=1S/C16H10BrFN6O2/c17-10-4-5-13(18)12(7-10)15-8-14(19-16-20-21-22-23(15)16)9-2-1-3-11(6-9)24(25)26/h1-8,15H,(H,19,20,22)/t15-/m0/s1. The van der Waals surface area contributed by atoms with Crippen molar-refractivity contribution in [3.05, 3.63) is 80.1 Å². The number of nitrogens with one attached hydrogen (secondary N) is 1. The summed E-state index contributed by atoms with van der Waals surface area (Å²) in [4.78, 5) is 10.6. The molecule has 1 N–H and O–H groups in total. The van der Waals surface area contributed by atoms with Crippen LogP contribution < -0.4 is 5.32 Å². The van der Waals surface area contributed by atoms with Crippen LogP contribution in [0.3, 0.4) is 0 Å². The molecule has 2 heterocycles. The van der Waals surface area contributed by atoms with Crippen molar-refractivity contribution in [1.82, 2.24) is 20.2 Å². The van der Waals surface area contributed by atoms with E-state index in [9.17, 15) is 14.5 Å². The predicted molar refractivity (Wildman–Crippen MR) is 94.8 cm³/mol. The summed E-state index contributed by atoms with van der Waals surface area (Å²) in [6.07, 6.45) is 1.73. The van der Waals surface area contributed by atoms with E-state index >= 15 is 0 Å². The Bertz CT molecular complexity index is 1050. The largest absolute Gasteiger partial charge is 0.323 e. The lowest BCUT2D eigenvalue weighted by molar-refractivity contribution is -0.384. The van der Waals surface area contributed by atoms with Crippen LogP contribution in [-0.4, -0.2) is 25.1 Å². The molecule has 0 saturated carbocycles. The van der Waals surface area contributed by atoms with Gasteiger partial charge in [-0.1, -0.05) is 33.2 Å². The maximum Gasteiger partial charge on any atom is 0.270 e. The number of tetrazole rings is 1. The molecule has 8 nitrogen and oxygen atoms in total. The molecular formula is C16H10BrFN6O2. The van der Waals surface area contributed by atoms with Crippen molar-refractivity contribution in [2.75, 3.05) is 5.32 Å². The SMILES string of the molecule is O=[N+]([O-])c1cccc(C2=C[C@@H](c3cc(Br)ccc3F)n3nnnc3N2)c1. The zero-order valence-electron chi connectivity index (χ0n) is 13.0. The number of halogens is 2. The highest BCUT2D eigenvalue weighted by Gasteiger charge is 2.27. The van der Waals surface area contributed by atoms with Gasteiger partial charge in [0.25, 0.3) is 5.69 Å². The number of anilines is 1. The fourth-order valence-electron chi connectivity index (χ4n) is 2.77. The minimum Gasteiger partial charge on any atom is -0.323 e. The maximum absolute atomic E-state index is 14.4. The molecule has 0 fully saturated rings. The van der Waals surface area contributed by atoms with Gasteiger partial charge < -0.3 is 5.32 Å². The lowest BCUT2D eigenvalue weighted by atomic mass is 10.0. The van der Waals surface area contributed by atoms with Crippen LogP contribution in [0.2, 0.25) is 0 Å². The van der Waals surface area contributed by atoms with E-state index in [0.717, 1.165) is 0 Å². The summed E-state index contributed by atoms with van der Waals surface area (Å²) in [6, 6.07) is 10.2. The Morgan fingerprint density at radius 2 is 2.12 bits per heavy atom. The Morgan fingerprint density at radius 3 is 2.92 bits per heavy atom.